The van der Waals surface area contributed by atoms with E-state index in [4.69, 9.17) is 9.47 Å². The van der Waals surface area contributed by atoms with Crippen LogP contribution in [0.2, 0.25) is 0 Å². The molecule has 0 N–H and O–H groups in total. The van der Waals surface area contributed by atoms with Crippen molar-refractivity contribution in [3.8, 4) is 5.75 Å². The van der Waals surface area contributed by atoms with Crippen molar-refractivity contribution in [1.82, 2.24) is 4.90 Å². The normalized spacial score (nSPS) is 22.1. The van der Waals surface area contributed by atoms with Crippen LogP contribution in [-0.2, 0) is 4.74 Å². The molecule has 1 saturated heterocycles. The number of hydrogen-bond acceptors (Lipinski definition) is 4. The maximum absolute atomic E-state index is 12.5. The molecule has 28 heavy (non-hydrogen) atoms. The van der Waals surface area contributed by atoms with E-state index in [9.17, 15) is 4.79 Å². The van der Waals surface area contributed by atoms with Gasteiger partial charge >= 0.3 is 5.97 Å². The first-order valence-electron chi connectivity index (χ1n) is 9.43. The van der Waals surface area contributed by atoms with Gasteiger partial charge in [-0.15, -0.1) is 0 Å². The standard InChI is InChI=1S/C24H23NO3/c1-17-22(18-11-5-3-6-12-18)28-23(25(17)2)20-15-9-10-16-21(20)27-24(26)19-13-7-4-8-14-19/h3-17,22-23H,1-2H3/t17-,22-,23-/m1/s1. The number of esters is 1. The molecular formula is C24H23NO3. The Bertz CT molecular complexity index is 942. The highest BCUT2D eigenvalue weighted by Gasteiger charge is 2.40. The van der Waals surface area contributed by atoms with Gasteiger partial charge in [-0.3, -0.25) is 4.90 Å². The first-order valence-corrected chi connectivity index (χ1v) is 9.43. The monoisotopic (exact) mass is 373 g/mol. The van der Waals surface area contributed by atoms with Gasteiger partial charge in [0, 0.05) is 11.6 Å². The quantitative estimate of drug-likeness (QED) is 0.477. The fraction of sp³-hybridized carbons (Fsp3) is 0.208. The lowest BCUT2D eigenvalue weighted by Gasteiger charge is -2.23. The number of rotatable bonds is 4. The van der Waals surface area contributed by atoms with Gasteiger partial charge in [-0.1, -0.05) is 66.7 Å². The summed E-state index contributed by atoms with van der Waals surface area (Å²) in [5.74, 6) is 0.149. The molecule has 1 aliphatic heterocycles. The third-order valence-corrected chi connectivity index (χ3v) is 5.25. The van der Waals surface area contributed by atoms with Crippen LogP contribution in [0.1, 0.15) is 40.7 Å². The van der Waals surface area contributed by atoms with E-state index >= 15 is 0 Å². The summed E-state index contributed by atoms with van der Waals surface area (Å²) in [6.07, 6.45) is -0.339. The van der Waals surface area contributed by atoms with Crippen LogP contribution in [0, 0.1) is 0 Å². The highest BCUT2D eigenvalue weighted by molar-refractivity contribution is 5.91. The molecule has 142 valence electrons. The number of nitrogens with zero attached hydrogens (tertiary/aromatic N) is 1. The molecule has 0 saturated carbocycles. The van der Waals surface area contributed by atoms with Gasteiger partial charge in [0.25, 0.3) is 0 Å². The second-order valence-corrected chi connectivity index (χ2v) is 7.02. The van der Waals surface area contributed by atoms with E-state index in [0.29, 0.717) is 11.3 Å². The number of ether oxygens (including phenoxy) is 2. The van der Waals surface area contributed by atoms with E-state index in [2.05, 4.69) is 24.0 Å². The van der Waals surface area contributed by atoms with Crippen molar-refractivity contribution in [2.24, 2.45) is 0 Å². The molecule has 0 radical (unpaired) electrons. The molecular weight excluding hydrogens is 350 g/mol. The van der Waals surface area contributed by atoms with Crippen molar-refractivity contribution in [2.45, 2.75) is 25.3 Å². The number of carbonyl (C=O) groups excluding carboxylic acids is 1. The van der Waals surface area contributed by atoms with Gasteiger partial charge in [0.05, 0.1) is 5.56 Å². The smallest absolute Gasteiger partial charge is 0.343 e. The van der Waals surface area contributed by atoms with E-state index < -0.39 is 0 Å². The lowest BCUT2D eigenvalue weighted by Crippen LogP contribution is -2.27. The molecule has 0 spiro atoms. The minimum absolute atomic E-state index is 0.0471. The van der Waals surface area contributed by atoms with Crippen LogP contribution in [0.15, 0.2) is 84.9 Å². The third-order valence-electron chi connectivity index (χ3n) is 5.25. The van der Waals surface area contributed by atoms with Gasteiger partial charge in [-0.25, -0.2) is 4.79 Å². The van der Waals surface area contributed by atoms with Crippen molar-refractivity contribution in [2.75, 3.05) is 7.05 Å². The number of carbonyl (C=O) groups is 1. The Kier molecular flexibility index (Phi) is 5.24. The largest absolute Gasteiger partial charge is 0.422 e. The maximum atomic E-state index is 12.5. The fourth-order valence-corrected chi connectivity index (χ4v) is 3.58. The first kappa shape index (κ1) is 18.4. The van der Waals surface area contributed by atoms with E-state index in [-0.39, 0.29) is 24.3 Å². The van der Waals surface area contributed by atoms with Crippen LogP contribution >= 0.6 is 0 Å². The Labute approximate surface area is 165 Å². The van der Waals surface area contributed by atoms with Gasteiger partial charge in [-0.05, 0) is 37.7 Å². The minimum Gasteiger partial charge on any atom is -0.422 e. The summed E-state index contributed by atoms with van der Waals surface area (Å²) in [6.45, 7) is 2.15. The van der Waals surface area contributed by atoms with Crippen LogP contribution < -0.4 is 4.74 Å². The zero-order valence-electron chi connectivity index (χ0n) is 16.0. The van der Waals surface area contributed by atoms with Gasteiger partial charge < -0.3 is 9.47 Å². The lowest BCUT2D eigenvalue weighted by molar-refractivity contribution is 0.00396. The number of likely N-dealkylation sites (N-methyl/N-ethyl adjacent to an activating group) is 1. The van der Waals surface area contributed by atoms with Crippen molar-refractivity contribution in [3.05, 3.63) is 102 Å². The molecule has 1 heterocycles. The predicted octanol–water partition coefficient (Wildman–Crippen LogP) is 5.00. The van der Waals surface area contributed by atoms with Crippen molar-refractivity contribution in [1.29, 1.82) is 0 Å². The topological polar surface area (TPSA) is 38.8 Å². The average molecular weight is 373 g/mol. The molecule has 0 aromatic heterocycles. The van der Waals surface area contributed by atoms with Crippen LogP contribution in [-0.4, -0.2) is 24.0 Å². The molecule has 3 aromatic carbocycles. The summed E-state index contributed by atoms with van der Waals surface area (Å²) in [7, 11) is 2.04. The number of hydrogen-bond donors (Lipinski definition) is 0. The highest BCUT2D eigenvalue weighted by atomic mass is 16.5. The summed E-state index contributed by atoms with van der Waals surface area (Å²) in [5, 5.41) is 0. The van der Waals surface area contributed by atoms with Crippen LogP contribution in [0.25, 0.3) is 0 Å². The zero-order chi connectivity index (χ0) is 19.5. The van der Waals surface area contributed by atoms with Crippen molar-refractivity contribution < 1.29 is 14.3 Å². The second-order valence-electron chi connectivity index (χ2n) is 7.02. The van der Waals surface area contributed by atoms with Crippen LogP contribution in [0.5, 0.6) is 5.75 Å². The molecule has 0 aliphatic carbocycles. The molecule has 4 nitrogen and oxygen atoms in total. The summed E-state index contributed by atoms with van der Waals surface area (Å²) in [5.41, 5.74) is 2.51. The van der Waals surface area contributed by atoms with Crippen molar-refractivity contribution >= 4 is 5.97 Å². The lowest BCUT2D eigenvalue weighted by atomic mass is 10.0. The average Bonchev–Trinajstić information content (AvgIpc) is 3.04. The number of benzene rings is 3. The second kappa shape index (κ2) is 7.97. The first-order chi connectivity index (χ1) is 13.6. The molecule has 1 aliphatic rings. The minimum atomic E-state index is -0.374. The van der Waals surface area contributed by atoms with Crippen LogP contribution in [0.3, 0.4) is 0 Å². The molecule has 0 bridgehead atoms. The molecule has 0 unspecified atom stereocenters. The fourth-order valence-electron chi connectivity index (χ4n) is 3.58. The zero-order valence-corrected chi connectivity index (χ0v) is 16.0. The van der Waals surface area contributed by atoms with E-state index in [1.807, 2.05) is 67.7 Å². The molecule has 1 fully saturated rings. The maximum Gasteiger partial charge on any atom is 0.343 e. The summed E-state index contributed by atoms with van der Waals surface area (Å²) >= 11 is 0. The molecule has 4 heteroatoms. The predicted molar refractivity (Wildman–Crippen MR) is 108 cm³/mol. The molecule has 4 rings (SSSR count). The molecule has 0 amide bonds. The Balaban J connectivity index is 1.60. The summed E-state index contributed by atoms with van der Waals surface area (Å²) < 4.78 is 12.1. The Morgan fingerprint density at radius 2 is 1.50 bits per heavy atom. The van der Waals surface area contributed by atoms with E-state index in [1.165, 1.54) is 0 Å². The van der Waals surface area contributed by atoms with E-state index in [0.717, 1.165) is 11.1 Å². The molecule has 3 atom stereocenters. The Morgan fingerprint density at radius 3 is 2.21 bits per heavy atom. The van der Waals surface area contributed by atoms with Gasteiger partial charge in [-0.2, -0.15) is 0 Å². The Hall–Kier alpha value is -2.95. The third kappa shape index (κ3) is 3.57. The molecule has 3 aromatic rings. The van der Waals surface area contributed by atoms with Gasteiger partial charge in [0.2, 0.25) is 0 Å². The highest BCUT2D eigenvalue weighted by Crippen LogP contribution is 2.43. The summed E-state index contributed by atoms with van der Waals surface area (Å²) in [4.78, 5) is 14.7. The van der Waals surface area contributed by atoms with Crippen LogP contribution in [0.4, 0.5) is 0 Å². The van der Waals surface area contributed by atoms with Gasteiger partial charge in [0.15, 0.2) is 0 Å². The van der Waals surface area contributed by atoms with Gasteiger partial charge in [0.1, 0.15) is 18.1 Å². The number of para-hydroxylation sites is 1. The van der Waals surface area contributed by atoms with E-state index in [1.54, 1.807) is 12.1 Å². The Morgan fingerprint density at radius 1 is 0.893 bits per heavy atom. The SMILES string of the molecule is C[C@@H]1[C@H](c2ccccc2)O[C@H](c2ccccc2OC(=O)c2ccccc2)N1C. The van der Waals surface area contributed by atoms with Crippen molar-refractivity contribution in [3.63, 3.8) is 0 Å². The summed E-state index contributed by atoms with van der Waals surface area (Å²) in [6, 6.07) is 27.0.